The Labute approximate surface area is 152 Å². The molecule has 1 N–H and O–H groups in total. The van der Waals surface area contributed by atoms with Crippen LogP contribution in [0.3, 0.4) is 0 Å². The molecule has 0 saturated carbocycles. The van der Waals surface area contributed by atoms with Gasteiger partial charge in [-0.1, -0.05) is 23.4 Å². The number of hydrogen-bond donors (Lipinski definition) is 1. The third kappa shape index (κ3) is 3.40. The van der Waals surface area contributed by atoms with Gasteiger partial charge in [0, 0.05) is 18.0 Å². The van der Waals surface area contributed by atoms with E-state index in [-0.39, 0.29) is 29.0 Å². The fourth-order valence-corrected chi connectivity index (χ4v) is 2.44. The minimum Gasteiger partial charge on any atom is -0.332 e. The highest BCUT2D eigenvalue weighted by Crippen LogP contribution is 2.28. The molecule has 27 heavy (non-hydrogen) atoms. The molecule has 0 unspecified atom stereocenters. The van der Waals surface area contributed by atoms with Crippen molar-refractivity contribution in [3.63, 3.8) is 0 Å². The zero-order chi connectivity index (χ0) is 18.6. The Hall–Kier alpha value is -3.94. The second kappa shape index (κ2) is 7.12. The molecule has 0 fully saturated rings. The number of halogens is 1. The summed E-state index contributed by atoms with van der Waals surface area (Å²) in [6.45, 7) is 0. The van der Waals surface area contributed by atoms with Gasteiger partial charge in [0.1, 0.15) is 5.69 Å². The maximum atomic E-state index is 13.9. The van der Waals surface area contributed by atoms with Crippen LogP contribution < -0.4 is 5.32 Å². The Bertz CT molecular complexity index is 1100. The van der Waals surface area contributed by atoms with Crippen LogP contribution in [0.15, 0.2) is 71.5 Å². The number of hydrogen-bond acceptors (Lipinski definition) is 6. The first-order valence-corrected chi connectivity index (χ1v) is 7.99. The predicted molar refractivity (Wildman–Crippen MR) is 95.1 cm³/mol. The molecule has 4 aromatic rings. The molecule has 132 valence electrons. The quantitative estimate of drug-likeness (QED) is 0.597. The van der Waals surface area contributed by atoms with Crippen LogP contribution in [-0.4, -0.2) is 26.0 Å². The summed E-state index contributed by atoms with van der Waals surface area (Å²) < 4.78 is 19.0. The lowest BCUT2D eigenvalue weighted by atomic mass is 10.1. The first kappa shape index (κ1) is 16.5. The average Bonchev–Trinajstić information content (AvgIpc) is 3.19. The SMILES string of the molecule is O=C(Nc1ccccc1-c1noc(-c2ncccc2F)n1)c1ccccn1. The molecule has 3 aromatic heterocycles. The number of aromatic nitrogens is 4. The van der Waals surface area contributed by atoms with Crippen LogP contribution in [0.4, 0.5) is 10.1 Å². The van der Waals surface area contributed by atoms with E-state index in [9.17, 15) is 9.18 Å². The molecule has 0 aliphatic carbocycles. The Morgan fingerprint density at radius 2 is 1.78 bits per heavy atom. The van der Waals surface area contributed by atoms with E-state index in [0.717, 1.165) is 0 Å². The highest BCUT2D eigenvalue weighted by Gasteiger charge is 2.18. The molecule has 0 aliphatic heterocycles. The van der Waals surface area contributed by atoms with E-state index in [2.05, 4.69) is 25.4 Å². The van der Waals surface area contributed by atoms with E-state index in [1.165, 1.54) is 24.5 Å². The van der Waals surface area contributed by atoms with Gasteiger partial charge in [0.05, 0.1) is 5.69 Å². The fourth-order valence-electron chi connectivity index (χ4n) is 2.44. The first-order valence-electron chi connectivity index (χ1n) is 7.99. The molecule has 0 saturated heterocycles. The monoisotopic (exact) mass is 361 g/mol. The van der Waals surface area contributed by atoms with Crippen molar-refractivity contribution >= 4 is 11.6 Å². The van der Waals surface area contributed by atoms with Gasteiger partial charge in [-0.15, -0.1) is 0 Å². The number of para-hydroxylation sites is 1. The zero-order valence-electron chi connectivity index (χ0n) is 13.8. The van der Waals surface area contributed by atoms with Gasteiger partial charge in [0.2, 0.25) is 5.82 Å². The summed E-state index contributed by atoms with van der Waals surface area (Å²) in [6, 6.07) is 14.7. The predicted octanol–water partition coefficient (Wildman–Crippen LogP) is 3.59. The van der Waals surface area contributed by atoms with Crippen LogP contribution in [0.1, 0.15) is 10.5 Å². The van der Waals surface area contributed by atoms with E-state index in [1.807, 2.05) is 0 Å². The minimum absolute atomic E-state index is 0.0359. The number of anilines is 1. The molecule has 1 amide bonds. The van der Waals surface area contributed by atoms with Crippen molar-refractivity contribution in [2.24, 2.45) is 0 Å². The zero-order valence-corrected chi connectivity index (χ0v) is 13.8. The number of amides is 1. The Balaban J connectivity index is 1.66. The summed E-state index contributed by atoms with van der Waals surface area (Å²) in [7, 11) is 0. The largest absolute Gasteiger partial charge is 0.332 e. The third-order valence-corrected chi connectivity index (χ3v) is 3.70. The van der Waals surface area contributed by atoms with Gasteiger partial charge < -0.3 is 9.84 Å². The van der Waals surface area contributed by atoms with Crippen molar-refractivity contribution in [2.75, 3.05) is 5.32 Å². The molecule has 3 heterocycles. The lowest BCUT2D eigenvalue weighted by molar-refractivity contribution is 0.102. The summed E-state index contributed by atoms with van der Waals surface area (Å²) in [5, 5.41) is 6.66. The molecule has 8 heteroatoms. The van der Waals surface area contributed by atoms with Gasteiger partial charge in [-0.2, -0.15) is 4.98 Å². The lowest BCUT2D eigenvalue weighted by Gasteiger charge is -2.08. The van der Waals surface area contributed by atoms with Gasteiger partial charge in [-0.25, -0.2) is 9.37 Å². The lowest BCUT2D eigenvalue weighted by Crippen LogP contribution is -2.14. The Morgan fingerprint density at radius 1 is 0.963 bits per heavy atom. The fraction of sp³-hybridized carbons (Fsp3) is 0. The molecule has 7 nitrogen and oxygen atoms in total. The molecule has 0 bridgehead atoms. The topological polar surface area (TPSA) is 93.8 Å². The van der Waals surface area contributed by atoms with Crippen LogP contribution >= 0.6 is 0 Å². The molecule has 1 aromatic carbocycles. The number of nitrogens with one attached hydrogen (secondary N) is 1. The van der Waals surface area contributed by atoms with Crippen molar-refractivity contribution in [2.45, 2.75) is 0 Å². The summed E-state index contributed by atoms with van der Waals surface area (Å²) in [5.41, 5.74) is 1.23. The van der Waals surface area contributed by atoms with Crippen LogP contribution in [0.2, 0.25) is 0 Å². The summed E-state index contributed by atoms with van der Waals surface area (Å²) in [4.78, 5) is 24.5. The highest BCUT2D eigenvalue weighted by molar-refractivity contribution is 6.04. The number of benzene rings is 1. The number of pyridine rings is 2. The molecular weight excluding hydrogens is 349 g/mol. The minimum atomic E-state index is -0.565. The molecular formula is C19H12FN5O2. The smallest absolute Gasteiger partial charge is 0.279 e. The van der Waals surface area contributed by atoms with Crippen molar-refractivity contribution in [1.29, 1.82) is 0 Å². The van der Waals surface area contributed by atoms with Crippen molar-refractivity contribution in [1.82, 2.24) is 20.1 Å². The van der Waals surface area contributed by atoms with E-state index in [1.54, 1.807) is 42.5 Å². The van der Waals surface area contributed by atoms with E-state index < -0.39 is 5.82 Å². The average molecular weight is 361 g/mol. The summed E-state index contributed by atoms with van der Waals surface area (Å²) >= 11 is 0. The van der Waals surface area contributed by atoms with Gasteiger partial charge in [-0.05, 0) is 36.4 Å². The Morgan fingerprint density at radius 3 is 2.59 bits per heavy atom. The molecule has 0 spiro atoms. The van der Waals surface area contributed by atoms with E-state index in [4.69, 9.17) is 4.52 Å². The second-order valence-corrected chi connectivity index (χ2v) is 5.47. The van der Waals surface area contributed by atoms with Gasteiger partial charge in [-0.3, -0.25) is 9.78 Å². The standard InChI is InChI=1S/C19H12FN5O2/c20-13-7-5-11-22-16(13)19-24-17(25-27-19)12-6-1-2-8-14(12)23-18(26)15-9-3-4-10-21-15/h1-11H,(H,23,26). The molecule has 0 radical (unpaired) electrons. The van der Waals surface area contributed by atoms with Crippen molar-refractivity contribution in [3.8, 4) is 23.0 Å². The van der Waals surface area contributed by atoms with E-state index in [0.29, 0.717) is 11.3 Å². The van der Waals surface area contributed by atoms with E-state index >= 15 is 0 Å². The second-order valence-electron chi connectivity index (χ2n) is 5.47. The van der Waals surface area contributed by atoms with Gasteiger partial charge in [0.25, 0.3) is 11.8 Å². The normalized spacial score (nSPS) is 10.6. The Kier molecular flexibility index (Phi) is 4.36. The number of carbonyl (C=O) groups excluding carboxylic acids is 1. The van der Waals surface area contributed by atoms with Crippen LogP contribution in [0, 0.1) is 5.82 Å². The maximum Gasteiger partial charge on any atom is 0.279 e. The number of carbonyl (C=O) groups is 1. The number of rotatable bonds is 4. The van der Waals surface area contributed by atoms with Crippen molar-refractivity contribution < 1.29 is 13.7 Å². The van der Waals surface area contributed by atoms with Crippen molar-refractivity contribution in [3.05, 3.63) is 78.5 Å². The van der Waals surface area contributed by atoms with Crippen LogP contribution in [-0.2, 0) is 0 Å². The summed E-state index contributed by atoms with van der Waals surface area (Å²) in [5.74, 6) is -0.784. The van der Waals surface area contributed by atoms with Crippen LogP contribution in [0.25, 0.3) is 23.0 Å². The molecule has 0 atom stereocenters. The third-order valence-electron chi connectivity index (χ3n) is 3.70. The van der Waals surface area contributed by atoms with Gasteiger partial charge in [0.15, 0.2) is 11.5 Å². The van der Waals surface area contributed by atoms with Gasteiger partial charge >= 0.3 is 0 Å². The van der Waals surface area contributed by atoms with Crippen LogP contribution in [0.5, 0.6) is 0 Å². The summed E-state index contributed by atoms with van der Waals surface area (Å²) in [6.07, 6.45) is 2.97. The first-order chi connectivity index (χ1) is 13.2. The number of nitrogens with zero attached hydrogens (tertiary/aromatic N) is 4. The maximum absolute atomic E-state index is 13.9. The highest BCUT2D eigenvalue weighted by atomic mass is 19.1. The molecule has 4 rings (SSSR count). The molecule has 0 aliphatic rings.